The van der Waals surface area contributed by atoms with E-state index in [2.05, 4.69) is 58.5 Å². The fourth-order valence-electron chi connectivity index (χ4n) is 9.28. The number of unbranched alkanes of at least 4 members (excludes halogenated alkanes) is 1. The van der Waals surface area contributed by atoms with Gasteiger partial charge < -0.3 is 101 Å². The highest BCUT2D eigenvalue weighted by molar-refractivity contribution is 6.00. The molecule has 0 fully saturated rings. The van der Waals surface area contributed by atoms with Crippen molar-refractivity contribution in [1.82, 2.24) is 58.5 Å². The number of carboxylic acids is 4. The van der Waals surface area contributed by atoms with Crippen molar-refractivity contribution >= 4 is 88.9 Å². The molecule has 0 aromatic carbocycles. The van der Waals surface area contributed by atoms with E-state index in [0.717, 1.165) is 6.92 Å². The molecule has 0 saturated carbocycles. The Bertz CT molecular complexity index is 2570. The van der Waals surface area contributed by atoms with Gasteiger partial charge in [0.15, 0.2) is 0 Å². The third-order valence-corrected chi connectivity index (χ3v) is 15.0. The minimum atomic E-state index is -2.08. The summed E-state index contributed by atoms with van der Waals surface area (Å²) in [5, 5.41) is 85.7. The average molecular weight is 1340 g/mol. The molecule has 15 atom stereocenters. The number of carbonyl (C=O) groups is 15. The Kier molecular flexibility index (Phi) is 40.0. The molecule has 21 N–H and O–H groups in total. The van der Waals surface area contributed by atoms with Crippen LogP contribution in [0.15, 0.2) is 0 Å². The summed E-state index contributed by atoms with van der Waals surface area (Å²) in [5.74, 6) is -19.6. The molecule has 0 aromatic heterocycles. The van der Waals surface area contributed by atoms with E-state index in [-0.39, 0.29) is 56.3 Å². The molecule has 11 amide bonds. The van der Waals surface area contributed by atoms with Gasteiger partial charge in [-0.25, -0.2) is 4.79 Å². The van der Waals surface area contributed by atoms with Gasteiger partial charge in [0.2, 0.25) is 65.0 Å². The van der Waals surface area contributed by atoms with Crippen molar-refractivity contribution in [3.05, 3.63) is 0 Å². The molecule has 0 aliphatic rings. The Labute approximate surface area is 547 Å². The molecule has 94 heavy (non-hydrogen) atoms. The fourth-order valence-corrected chi connectivity index (χ4v) is 9.28. The number of hydrogen-bond donors (Lipinski definition) is 19. The van der Waals surface area contributed by atoms with Gasteiger partial charge in [0.1, 0.15) is 60.4 Å². The van der Waals surface area contributed by atoms with Gasteiger partial charge in [-0.2, -0.15) is 0 Å². The molecule has 0 aromatic rings. The zero-order valence-corrected chi connectivity index (χ0v) is 56.0. The fraction of sp³-hybridized carbons (Fsp3) is 0.750. The van der Waals surface area contributed by atoms with Crippen LogP contribution in [0.25, 0.3) is 0 Å². The molecule has 0 aliphatic heterocycles. The van der Waals surface area contributed by atoms with Crippen molar-refractivity contribution in [2.24, 2.45) is 41.1 Å². The summed E-state index contributed by atoms with van der Waals surface area (Å²) in [6.45, 7) is 18.5. The third-order valence-electron chi connectivity index (χ3n) is 15.0. The lowest BCUT2D eigenvalue weighted by Crippen LogP contribution is -2.63. The highest BCUT2D eigenvalue weighted by Crippen LogP contribution is 2.16. The number of amides is 11. The molecule has 34 nitrogen and oxygen atoms in total. The van der Waals surface area contributed by atoms with E-state index < -0.39 is 218 Å². The number of aliphatic carboxylic acids is 4. The second kappa shape index (κ2) is 43.7. The van der Waals surface area contributed by atoms with Gasteiger partial charge in [-0.1, -0.05) is 88.5 Å². The second-order valence-corrected chi connectivity index (χ2v) is 24.9. The van der Waals surface area contributed by atoms with Crippen molar-refractivity contribution in [2.75, 3.05) is 13.1 Å². The SMILES string of the molecule is CC[C@H](C)[C@H](NC(=O)[C@@H](NC(=O)CNC(=O)[C@H](CC(=O)O)NC(=O)[C@H](CCC(=O)O)NC(=O)[C@H](CCC(=O)O)NC(=O)[C@H](CC(C)C)NC(=O)[C@H](CC(C)C)NC(=O)[C@@H](N)CCCCN)[C@@H](C)O)C(=O)N[C@H](C(=O)N[C@H](C(=O)N[C@@H](CC(C)C)C(=O)O)[C@@H](C)O)[C@@H](C)CC. The molecular formula is C60H105N13O21. The molecule has 0 spiro atoms. The molecule has 0 radical (unpaired) electrons. The van der Waals surface area contributed by atoms with E-state index in [1.807, 2.05) is 0 Å². The molecule has 0 aliphatic carbocycles. The number of rotatable bonds is 47. The summed E-state index contributed by atoms with van der Waals surface area (Å²) < 4.78 is 0. The highest BCUT2D eigenvalue weighted by Gasteiger charge is 2.39. The molecule has 0 rings (SSSR count). The van der Waals surface area contributed by atoms with Crippen LogP contribution >= 0.6 is 0 Å². The Morgan fingerprint density at radius 2 is 0.713 bits per heavy atom. The van der Waals surface area contributed by atoms with Crippen molar-refractivity contribution in [2.45, 2.75) is 245 Å². The Morgan fingerprint density at radius 3 is 1.09 bits per heavy atom. The van der Waals surface area contributed by atoms with Crippen molar-refractivity contribution < 1.29 is 103 Å². The standard InChI is InChI=1S/C60H105N13O21/c1-13-31(9)46(56(89)71-47(32(10)14-2)57(90)73-49(34(12)75)58(91)69-41(60(93)94)25-30(7)8)72-59(92)48(33(11)74)70-42(76)27-63-51(84)40(26-45(81)82)68-53(86)37(19-21-44(79)80)64-52(85)36(18-20-43(77)78)65-54(87)39(24-29(5)6)67-55(88)38(23-28(3)4)66-50(83)35(62)17-15-16-22-61/h28-41,46-49,74-75H,13-27,61-62H2,1-12H3,(H,63,84)(H,64,85)(H,65,87)(H,66,83)(H,67,88)(H,68,86)(H,69,91)(H,70,76)(H,71,89)(H,72,92)(H,73,90)(H,77,78)(H,79,80)(H,81,82)(H,93,94)/t31-,32-,33+,34+,35-,36-,37-,38-,39-,40-,41-,46-,47-,48-,49-/m0/s1. The molecule has 0 bridgehead atoms. The third kappa shape index (κ3) is 33.1. The van der Waals surface area contributed by atoms with E-state index >= 15 is 0 Å². The molecular weight excluding hydrogens is 1240 g/mol. The lowest BCUT2D eigenvalue weighted by Gasteiger charge is -2.31. The summed E-state index contributed by atoms with van der Waals surface area (Å²) >= 11 is 0. The number of hydrogen-bond acceptors (Lipinski definition) is 19. The predicted molar refractivity (Wildman–Crippen MR) is 337 cm³/mol. The first-order valence-corrected chi connectivity index (χ1v) is 31.7. The number of aliphatic hydroxyl groups excluding tert-OH is 2. The summed E-state index contributed by atoms with van der Waals surface area (Å²) in [5.41, 5.74) is 11.6. The minimum Gasteiger partial charge on any atom is -0.481 e. The summed E-state index contributed by atoms with van der Waals surface area (Å²) in [7, 11) is 0. The highest BCUT2D eigenvalue weighted by atomic mass is 16.4. The van der Waals surface area contributed by atoms with Crippen LogP contribution in [0.4, 0.5) is 0 Å². The second-order valence-electron chi connectivity index (χ2n) is 24.9. The van der Waals surface area contributed by atoms with Crippen LogP contribution in [-0.4, -0.2) is 211 Å². The number of nitrogens with two attached hydrogens (primary N) is 2. The smallest absolute Gasteiger partial charge is 0.326 e. The van der Waals surface area contributed by atoms with Crippen LogP contribution in [0, 0.1) is 29.6 Å². The summed E-state index contributed by atoms with van der Waals surface area (Å²) in [4.78, 5) is 198. The average Bonchev–Trinajstić information content (AvgIpc) is 0.916. The van der Waals surface area contributed by atoms with Gasteiger partial charge in [0.25, 0.3) is 0 Å². The zero-order chi connectivity index (χ0) is 72.4. The summed E-state index contributed by atoms with van der Waals surface area (Å²) in [6.07, 6.45) is -5.41. The largest absolute Gasteiger partial charge is 0.481 e. The quantitative estimate of drug-likeness (QED) is 0.0265. The van der Waals surface area contributed by atoms with Gasteiger partial charge in [-0.3, -0.25) is 67.1 Å². The van der Waals surface area contributed by atoms with Crippen LogP contribution in [0.5, 0.6) is 0 Å². The van der Waals surface area contributed by atoms with Gasteiger partial charge >= 0.3 is 23.9 Å². The van der Waals surface area contributed by atoms with Gasteiger partial charge in [-0.05, 0) is 94.9 Å². The first kappa shape index (κ1) is 85.9. The van der Waals surface area contributed by atoms with Crippen molar-refractivity contribution in [3.8, 4) is 0 Å². The van der Waals surface area contributed by atoms with Gasteiger partial charge in [0, 0.05) is 12.8 Å². The maximum absolute atomic E-state index is 14.1. The normalized spacial score (nSPS) is 16.1. The van der Waals surface area contributed by atoms with E-state index in [1.54, 1.807) is 69.2 Å². The molecule has 0 heterocycles. The van der Waals surface area contributed by atoms with Crippen LogP contribution in [0.3, 0.4) is 0 Å². The van der Waals surface area contributed by atoms with E-state index in [4.69, 9.17) is 11.5 Å². The lowest BCUT2D eigenvalue weighted by molar-refractivity contribution is -0.143. The minimum absolute atomic E-state index is 0.0256. The molecule has 536 valence electrons. The molecule has 34 heteroatoms. The number of nitrogens with one attached hydrogen (secondary N) is 11. The zero-order valence-electron chi connectivity index (χ0n) is 56.0. The lowest BCUT2D eigenvalue weighted by atomic mass is 9.94. The van der Waals surface area contributed by atoms with Crippen LogP contribution in [-0.2, 0) is 71.9 Å². The molecule has 0 saturated heterocycles. The first-order chi connectivity index (χ1) is 43.7. The van der Waals surface area contributed by atoms with Crippen molar-refractivity contribution in [3.63, 3.8) is 0 Å². The van der Waals surface area contributed by atoms with Gasteiger partial charge in [-0.15, -0.1) is 0 Å². The summed E-state index contributed by atoms with van der Waals surface area (Å²) in [6, 6.07) is -17.2. The number of carboxylic acid groups (broad SMARTS) is 4. The topological polar surface area (TPSA) is 562 Å². The number of aliphatic hydroxyl groups is 2. The predicted octanol–water partition coefficient (Wildman–Crippen LogP) is -3.31. The van der Waals surface area contributed by atoms with E-state index in [1.165, 1.54) is 6.92 Å². The van der Waals surface area contributed by atoms with Crippen LogP contribution < -0.4 is 70.0 Å². The Morgan fingerprint density at radius 1 is 0.372 bits per heavy atom. The van der Waals surface area contributed by atoms with Gasteiger partial charge in [0.05, 0.1) is 31.2 Å². The van der Waals surface area contributed by atoms with E-state index in [9.17, 15) is 103 Å². The van der Waals surface area contributed by atoms with Crippen molar-refractivity contribution in [1.29, 1.82) is 0 Å². The number of carbonyl (C=O) groups excluding carboxylic acids is 11. The molecule has 0 unspecified atom stereocenters. The maximum Gasteiger partial charge on any atom is 0.326 e. The first-order valence-electron chi connectivity index (χ1n) is 31.7. The maximum atomic E-state index is 14.1. The van der Waals surface area contributed by atoms with Crippen LogP contribution in [0.1, 0.15) is 167 Å². The monoisotopic (exact) mass is 1340 g/mol. The van der Waals surface area contributed by atoms with E-state index in [0.29, 0.717) is 19.4 Å². The Hall–Kier alpha value is -8.11. The Balaban J connectivity index is 6.68. The van der Waals surface area contributed by atoms with Crippen LogP contribution in [0.2, 0.25) is 0 Å².